The first-order chi connectivity index (χ1) is 12.1. The third kappa shape index (κ3) is 3.03. The molecule has 0 saturated heterocycles. The van der Waals surface area contributed by atoms with Gasteiger partial charge in [-0.15, -0.1) is 11.3 Å². The Kier molecular flexibility index (Phi) is 3.81. The minimum Gasteiger partial charge on any atom is -0.349 e. The number of carbonyl (C=O) groups excluding carboxylic acids is 1. The fourth-order valence-corrected chi connectivity index (χ4v) is 3.32. The number of aromatic amines is 1. The second-order valence-corrected chi connectivity index (χ2v) is 6.72. The van der Waals surface area contributed by atoms with E-state index in [0.717, 1.165) is 27.2 Å². The van der Waals surface area contributed by atoms with E-state index in [1.165, 1.54) is 4.90 Å². The molecule has 1 aromatic carbocycles. The predicted octanol–water partition coefficient (Wildman–Crippen LogP) is 2.29. The third-order valence-electron chi connectivity index (χ3n) is 3.90. The fraction of sp³-hybridized carbons (Fsp3) is 0.176. The molecule has 4 rings (SSSR count). The Hall–Kier alpha value is -3.00. The van der Waals surface area contributed by atoms with Gasteiger partial charge in [-0.05, 0) is 30.7 Å². The van der Waals surface area contributed by atoms with E-state index in [9.17, 15) is 4.79 Å². The summed E-state index contributed by atoms with van der Waals surface area (Å²) >= 11 is 1.58. The fourth-order valence-electron chi connectivity index (χ4n) is 2.60. The normalized spacial score (nSPS) is 16.1. The summed E-state index contributed by atoms with van der Waals surface area (Å²) in [5.74, 6) is 0.401. The third-order valence-corrected chi connectivity index (χ3v) is 4.87. The number of carbonyl (C=O) groups is 1. The number of likely N-dealkylation sites (N-methyl/N-ethyl adjacent to an activating group) is 1. The van der Waals surface area contributed by atoms with Crippen molar-refractivity contribution in [2.75, 3.05) is 7.05 Å². The zero-order chi connectivity index (χ0) is 17.4. The van der Waals surface area contributed by atoms with E-state index in [1.807, 2.05) is 30.5 Å². The number of nitrogens with zero attached hydrogens (tertiary/aromatic N) is 4. The Bertz CT molecular complexity index is 1020. The van der Waals surface area contributed by atoms with Gasteiger partial charge in [0.25, 0.3) is 5.91 Å². The van der Waals surface area contributed by atoms with E-state index >= 15 is 0 Å². The highest BCUT2D eigenvalue weighted by molar-refractivity contribution is 7.09. The lowest BCUT2D eigenvalue weighted by molar-refractivity contribution is -0.121. The molecule has 0 bridgehead atoms. The van der Waals surface area contributed by atoms with Gasteiger partial charge in [0.1, 0.15) is 10.7 Å². The van der Waals surface area contributed by atoms with Crippen molar-refractivity contribution in [3.8, 4) is 0 Å². The van der Waals surface area contributed by atoms with Gasteiger partial charge in [0.05, 0.1) is 18.3 Å². The highest BCUT2D eigenvalue weighted by atomic mass is 32.1. The van der Waals surface area contributed by atoms with Crippen LogP contribution >= 0.6 is 11.3 Å². The highest BCUT2D eigenvalue weighted by Gasteiger charge is 2.26. The number of hydrogen-bond acceptors (Lipinski definition) is 6. The number of amides is 1. The number of guanidine groups is 1. The Balaban J connectivity index is 1.56. The molecule has 1 amide bonds. The highest BCUT2D eigenvalue weighted by Crippen LogP contribution is 2.19. The van der Waals surface area contributed by atoms with Crippen molar-refractivity contribution >= 4 is 40.2 Å². The van der Waals surface area contributed by atoms with Crippen molar-refractivity contribution in [1.29, 1.82) is 0 Å². The van der Waals surface area contributed by atoms with Crippen LogP contribution in [0, 0.1) is 6.92 Å². The molecule has 1 aliphatic heterocycles. The van der Waals surface area contributed by atoms with E-state index in [0.29, 0.717) is 18.2 Å². The number of H-pyrrole nitrogens is 1. The molecule has 0 spiro atoms. The molecular formula is C17H16N6OS. The van der Waals surface area contributed by atoms with Crippen LogP contribution in [0.1, 0.15) is 16.3 Å². The van der Waals surface area contributed by atoms with Crippen molar-refractivity contribution in [3.05, 3.63) is 51.7 Å². The van der Waals surface area contributed by atoms with Gasteiger partial charge in [-0.1, -0.05) is 6.07 Å². The van der Waals surface area contributed by atoms with Gasteiger partial charge in [0.15, 0.2) is 0 Å². The van der Waals surface area contributed by atoms with E-state index in [1.54, 1.807) is 30.7 Å². The SMILES string of the molecule is Cc1csc(CNC2=N/C(=C\c3ccc4[nH]ncc4c3)C(=O)N2C)n1. The van der Waals surface area contributed by atoms with Crippen LogP contribution in [0.4, 0.5) is 0 Å². The van der Waals surface area contributed by atoms with Crippen LogP contribution in [0.15, 0.2) is 40.5 Å². The first-order valence-electron chi connectivity index (χ1n) is 7.76. The van der Waals surface area contributed by atoms with Gasteiger partial charge in [-0.3, -0.25) is 14.8 Å². The van der Waals surface area contributed by atoms with E-state index in [-0.39, 0.29) is 5.91 Å². The van der Waals surface area contributed by atoms with E-state index in [4.69, 9.17) is 0 Å². The summed E-state index contributed by atoms with van der Waals surface area (Å²) in [6.45, 7) is 2.50. The molecule has 1 aliphatic rings. The number of aromatic nitrogens is 3. The molecular weight excluding hydrogens is 336 g/mol. The van der Waals surface area contributed by atoms with Crippen LogP contribution in [0.3, 0.4) is 0 Å². The number of thiazole rings is 1. The molecule has 3 heterocycles. The summed E-state index contributed by atoms with van der Waals surface area (Å²) in [4.78, 5) is 22.8. The minimum atomic E-state index is -0.134. The summed E-state index contributed by atoms with van der Waals surface area (Å²) in [6, 6.07) is 5.84. The molecule has 2 N–H and O–H groups in total. The number of nitrogens with one attached hydrogen (secondary N) is 2. The number of hydrogen-bond donors (Lipinski definition) is 2. The first kappa shape index (κ1) is 15.5. The van der Waals surface area contributed by atoms with E-state index < -0.39 is 0 Å². The summed E-state index contributed by atoms with van der Waals surface area (Å²) in [6.07, 6.45) is 3.54. The van der Waals surface area contributed by atoms with Crippen molar-refractivity contribution in [3.63, 3.8) is 0 Å². The molecule has 0 fully saturated rings. The topological polar surface area (TPSA) is 86.3 Å². The maximum atomic E-state index is 12.4. The summed E-state index contributed by atoms with van der Waals surface area (Å²) < 4.78 is 0. The minimum absolute atomic E-state index is 0.134. The zero-order valence-electron chi connectivity index (χ0n) is 13.8. The van der Waals surface area contributed by atoms with Crippen molar-refractivity contribution in [1.82, 2.24) is 25.4 Å². The van der Waals surface area contributed by atoms with Crippen molar-refractivity contribution in [2.45, 2.75) is 13.5 Å². The van der Waals surface area contributed by atoms with Crippen LogP contribution in [0.25, 0.3) is 17.0 Å². The smallest absolute Gasteiger partial charge is 0.279 e. The molecule has 0 aliphatic carbocycles. The van der Waals surface area contributed by atoms with Gasteiger partial charge < -0.3 is 5.32 Å². The standard InChI is InChI=1S/C17H16N6OS/c1-10-9-25-15(20-10)8-18-17-21-14(16(24)23(17)2)6-11-3-4-13-12(5-11)7-19-22-13/h3-7,9H,8H2,1-2H3,(H,18,21)(H,19,22)/b14-6-. The van der Waals surface area contributed by atoms with Crippen LogP contribution in [0.5, 0.6) is 0 Å². The number of rotatable bonds is 3. The summed E-state index contributed by atoms with van der Waals surface area (Å²) in [5, 5.41) is 14.1. The molecule has 0 unspecified atom stereocenters. The molecule has 25 heavy (non-hydrogen) atoms. The monoisotopic (exact) mass is 352 g/mol. The van der Waals surface area contributed by atoms with Gasteiger partial charge in [-0.2, -0.15) is 5.10 Å². The number of fused-ring (bicyclic) bond motifs is 1. The lowest BCUT2D eigenvalue weighted by Crippen LogP contribution is -2.37. The molecule has 3 aromatic rings. The second-order valence-electron chi connectivity index (χ2n) is 5.78. The zero-order valence-corrected chi connectivity index (χ0v) is 14.6. The Morgan fingerprint density at radius 3 is 3.08 bits per heavy atom. The van der Waals surface area contributed by atoms with Crippen molar-refractivity contribution < 1.29 is 4.79 Å². The lowest BCUT2D eigenvalue weighted by Gasteiger charge is -2.12. The van der Waals surface area contributed by atoms with Crippen LogP contribution in [-0.4, -0.2) is 39.0 Å². The summed E-state index contributed by atoms with van der Waals surface area (Å²) in [5.41, 5.74) is 3.27. The maximum absolute atomic E-state index is 12.4. The maximum Gasteiger partial charge on any atom is 0.279 e. The Labute approximate surface area is 148 Å². The number of aryl methyl sites for hydroxylation is 1. The first-order valence-corrected chi connectivity index (χ1v) is 8.64. The predicted molar refractivity (Wildman–Crippen MR) is 98.0 cm³/mol. The van der Waals surface area contributed by atoms with Gasteiger partial charge >= 0.3 is 0 Å². The molecule has 0 saturated carbocycles. The van der Waals surface area contributed by atoms with Gasteiger partial charge in [-0.25, -0.2) is 9.98 Å². The Morgan fingerprint density at radius 1 is 1.40 bits per heavy atom. The summed E-state index contributed by atoms with van der Waals surface area (Å²) in [7, 11) is 1.71. The molecule has 7 nitrogen and oxygen atoms in total. The molecule has 0 atom stereocenters. The number of aliphatic imine (C=N–C) groups is 1. The van der Waals surface area contributed by atoms with Crippen LogP contribution in [-0.2, 0) is 11.3 Å². The molecule has 126 valence electrons. The van der Waals surface area contributed by atoms with E-state index in [2.05, 4.69) is 25.5 Å². The second kappa shape index (κ2) is 6.14. The molecule has 2 aromatic heterocycles. The quantitative estimate of drug-likeness (QED) is 0.708. The Morgan fingerprint density at radius 2 is 2.28 bits per heavy atom. The van der Waals surface area contributed by atoms with Crippen LogP contribution < -0.4 is 5.32 Å². The molecule has 0 radical (unpaired) electrons. The molecule has 8 heteroatoms. The lowest BCUT2D eigenvalue weighted by atomic mass is 10.1. The average Bonchev–Trinajstić information content (AvgIpc) is 3.29. The largest absolute Gasteiger partial charge is 0.349 e. The van der Waals surface area contributed by atoms with Gasteiger partial charge in [0, 0.05) is 23.5 Å². The van der Waals surface area contributed by atoms with Gasteiger partial charge in [0.2, 0.25) is 5.96 Å². The van der Waals surface area contributed by atoms with Crippen LogP contribution in [0.2, 0.25) is 0 Å². The van der Waals surface area contributed by atoms with Crippen molar-refractivity contribution in [2.24, 2.45) is 4.99 Å². The number of benzene rings is 1. The average molecular weight is 352 g/mol.